The molecule has 1 rings (SSSR count). The monoisotopic (exact) mass is 173 g/mol. The summed E-state index contributed by atoms with van der Waals surface area (Å²) < 4.78 is 29.2. The Morgan fingerprint density at radius 1 is 1.42 bits per heavy atom. The molecule has 0 aliphatic carbocycles. The number of aryl methyl sites for hydroxylation is 1. The van der Waals surface area contributed by atoms with Crippen molar-refractivity contribution in [3.63, 3.8) is 0 Å². The minimum Gasteiger partial charge on any atom is -0.481 e. The highest BCUT2D eigenvalue weighted by Crippen LogP contribution is 2.22. The SMILES string of the molecule is COc1ccc(C)c(C(F)F)n1. The van der Waals surface area contributed by atoms with E-state index in [0.29, 0.717) is 5.56 Å². The summed E-state index contributed by atoms with van der Waals surface area (Å²) in [7, 11) is 1.40. The summed E-state index contributed by atoms with van der Waals surface area (Å²) in [6.07, 6.45) is -2.54. The van der Waals surface area contributed by atoms with E-state index < -0.39 is 6.43 Å². The van der Waals surface area contributed by atoms with E-state index in [2.05, 4.69) is 4.98 Å². The molecule has 4 heteroatoms. The van der Waals surface area contributed by atoms with Crippen LogP contribution in [0.15, 0.2) is 12.1 Å². The number of hydrogen-bond donors (Lipinski definition) is 0. The first kappa shape index (κ1) is 8.90. The van der Waals surface area contributed by atoms with Gasteiger partial charge in [0.2, 0.25) is 5.88 Å². The maximum atomic E-state index is 12.2. The normalized spacial score (nSPS) is 10.4. The number of aromatic nitrogens is 1. The van der Waals surface area contributed by atoms with Gasteiger partial charge in [0.05, 0.1) is 7.11 Å². The topological polar surface area (TPSA) is 22.1 Å². The predicted octanol–water partition coefficient (Wildman–Crippen LogP) is 2.34. The third kappa shape index (κ3) is 1.69. The Morgan fingerprint density at radius 2 is 2.08 bits per heavy atom. The largest absolute Gasteiger partial charge is 0.481 e. The van der Waals surface area contributed by atoms with E-state index in [9.17, 15) is 8.78 Å². The van der Waals surface area contributed by atoms with Crippen molar-refractivity contribution in [3.8, 4) is 5.88 Å². The average molecular weight is 173 g/mol. The molecule has 0 aliphatic heterocycles. The molecule has 1 aromatic rings. The Morgan fingerprint density at radius 3 is 2.58 bits per heavy atom. The molecule has 0 spiro atoms. The van der Waals surface area contributed by atoms with Crippen molar-refractivity contribution in [2.45, 2.75) is 13.3 Å². The molecule has 0 saturated heterocycles. The number of halogens is 2. The molecule has 0 bridgehead atoms. The lowest BCUT2D eigenvalue weighted by Crippen LogP contribution is -1.96. The van der Waals surface area contributed by atoms with Crippen molar-refractivity contribution in [1.29, 1.82) is 0 Å². The Hall–Kier alpha value is -1.19. The number of pyridine rings is 1. The molecule has 66 valence electrons. The molecule has 0 saturated carbocycles. The van der Waals surface area contributed by atoms with Gasteiger partial charge in [-0.1, -0.05) is 6.07 Å². The molecule has 0 atom stereocenters. The second kappa shape index (κ2) is 3.47. The predicted molar refractivity (Wildman–Crippen MR) is 40.5 cm³/mol. The first-order chi connectivity index (χ1) is 5.65. The molecule has 0 fully saturated rings. The fourth-order valence-electron chi connectivity index (χ4n) is 0.860. The molecule has 0 unspecified atom stereocenters. The van der Waals surface area contributed by atoms with Gasteiger partial charge in [-0.05, 0) is 12.5 Å². The van der Waals surface area contributed by atoms with Crippen LogP contribution in [0.1, 0.15) is 17.7 Å². The number of rotatable bonds is 2. The summed E-state index contributed by atoms with van der Waals surface area (Å²) >= 11 is 0. The van der Waals surface area contributed by atoms with Crippen molar-refractivity contribution in [1.82, 2.24) is 4.98 Å². The summed E-state index contributed by atoms with van der Waals surface area (Å²) in [5.41, 5.74) is 0.264. The highest BCUT2D eigenvalue weighted by molar-refractivity contribution is 5.25. The lowest BCUT2D eigenvalue weighted by atomic mass is 10.2. The number of ether oxygens (including phenoxy) is 1. The van der Waals surface area contributed by atoms with Crippen molar-refractivity contribution < 1.29 is 13.5 Å². The van der Waals surface area contributed by atoms with E-state index in [0.717, 1.165) is 0 Å². The van der Waals surface area contributed by atoms with Crippen LogP contribution in [-0.2, 0) is 0 Å². The lowest BCUT2D eigenvalue weighted by Gasteiger charge is -2.05. The van der Waals surface area contributed by atoms with E-state index in [1.54, 1.807) is 19.1 Å². The van der Waals surface area contributed by atoms with Gasteiger partial charge in [0, 0.05) is 6.07 Å². The van der Waals surface area contributed by atoms with Crippen molar-refractivity contribution in [2.75, 3.05) is 7.11 Å². The highest BCUT2D eigenvalue weighted by atomic mass is 19.3. The Balaban J connectivity index is 3.08. The molecule has 12 heavy (non-hydrogen) atoms. The summed E-state index contributed by atoms with van der Waals surface area (Å²) in [5, 5.41) is 0. The van der Waals surface area contributed by atoms with Gasteiger partial charge >= 0.3 is 0 Å². The number of methoxy groups -OCH3 is 1. The zero-order valence-corrected chi connectivity index (χ0v) is 6.84. The number of hydrogen-bond acceptors (Lipinski definition) is 2. The third-order valence-electron chi connectivity index (χ3n) is 1.53. The van der Waals surface area contributed by atoms with Crippen molar-refractivity contribution in [2.24, 2.45) is 0 Å². The van der Waals surface area contributed by atoms with E-state index in [1.807, 2.05) is 0 Å². The van der Waals surface area contributed by atoms with Gasteiger partial charge in [-0.25, -0.2) is 13.8 Å². The summed E-state index contributed by atoms with van der Waals surface area (Å²) in [4.78, 5) is 3.62. The van der Waals surface area contributed by atoms with E-state index in [4.69, 9.17) is 4.74 Å². The molecule has 0 amide bonds. The first-order valence-corrected chi connectivity index (χ1v) is 3.45. The van der Waals surface area contributed by atoms with Gasteiger partial charge in [-0.15, -0.1) is 0 Å². The van der Waals surface area contributed by atoms with Crippen LogP contribution >= 0.6 is 0 Å². The van der Waals surface area contributed by atoms with Gasteiger partial charge in [0.25, 0.3) is 6.43 Å². The molecular weight excluding hydrogens is 164 g/mol. The summed E-state index contributed by atoms with van der Waals surface area (Å²) in [5.74, 6) is 0.218. The minimum absolute atomic E-state index is 0.214. The van der Waals surface area contributed by atoms with E-state index in [1.165, 1.54) is 7.11 Å². The highest BCUT2D eigenvalue weighted by Gasteiger charge is 2.12. The van der Waals surface area contributed by atoms with Crippen molar-refractivity contribution in [3.05, 3.63) is 23.4 Å². The Kier molecular flexibility index (Phi) is 2.58. The zero-order valence-electron chi connectivity index (χ0n) is 6.84. The lowest BCUT2D eigenvalue weighted by molar-refractivity contribution is 0.144. The fourth-order valence-corrected chi connectivity index (χ4v) is 0.860. The Bertz CT molecular complexity index is 276. The van der Waals surface area contributed by atoms with Crippen LogP contribution in [0.4, 0.5) is 8.78 Å². The second-order valence-corrected chi connectivity index (χ2v) is 2.36. The molecule has 1 aromatic heterocycles. The van der Waals surface area contributed by atoms with Crippen LogP contribution in [0.3, 0.4) is 0 Å². The molecule has 0 aromatic carbocycles. The fraction of sp³-hybridized carbons (Fsp3) is 0.375. The zero-order chi connectivity index (χ0) is 9.14. The summed E-state index contributed by atoms with van der Waals surface area (Å²) in [6.45, 7) is 1.59. The molecular formula is C8H9F2NO. The molecule has 0 radical (unpaired) electrons. The summed E-state index contributed by atoms with van der Waals surface area (Å²) in [6, 6.07) is 3.12. The van der Waals surface area contributed by atoms with Gasteiger partial charge in [0.1, 0.15) is 5.69 Å². The smallest absolute Gasteiger partial charge is 0.280 e. The van der Waals surface area contributed by atoms with Crippen molar-refractivity contribution >= 4 is 0 Å². The van der Waals surface area contributed by atoms with Gasteiger partial charge in [-0.2, -0.15) is 0 Å². The van der Waals surface area contributed by atoms with Crippen LogP contribution in [-0.4, -0.2) is 12.1 Å². The van der Waals surface area contributed by atoms with Gasteiger partial charge in [-0.3, -0.25) is 0 Å². The molecule has 0 aliphatic rings. The maximum Gasteiger partial charge on any atom is 0.280 e. The number of nitrogens with zero attached hydrogens (tertiary/aromatic N) is 1. The van der Waals surface area contributed by atoms with E-state index in [-0.39, 0.29) is 11.6 Å². The van der Waals surface area contributed by atoms with Crippen LogP contribution < -0.4 is 4.74 Å². The van der Waals surface area contributed by atoms with Crippen LogP contribution in [0.5, 0.6) is 5.88 Å². The van der Waals surface area contributed by atoms with E-state index >= 15 is 0 Å². The third-order valence-corrected chi connectivity index (χ3v) is 1.53. The van der Waals surface area contributed by atoms with Gasteiger partial charge in [0.15, 0.2) is 0 Å². The molecule has 1 heterocycles. The minimum atomic E-state index is -2.54. The first-order valence-electron chi connectivity index (χ1n) is 3.45. The second-order valence-electron chi connectivity index (χ2n) is 2.36. The Labute approximate surface area is 69.2 Å². The number of alkyl halides is 2. The standard InChI is InChI=1S/C8H9F2NO/c1-5-3-4-6(12-2)11-7(5)8(9)10/h3-4,8H,1-2H3. The van der Waals surface area contributed by atoms with Gasteiger partial charge < -0.3 is 4.74 Å². The van der Waals surface area contributed by atoms with Crippen LogP contribution in [0.2, 0.25) is 0 Å². The quantitative estimate of drug-likeness (QED) is 0.684. The maximum absolute atomic E-state index is 12.2. The molecule has 0 N–H and O–H groups in total. The van der Waals surface area contributed by atoms with Crippen LogP contribution in [0.25, 0.3) is 0 Å². The average Bonchev–Trinajstić information content (AvgIpc) is 2.05. The molecule has 2 nitrogen and oxygen atoms in total. The van der Waals surface area contributed by atoms with Crippen LogP contribution in [0, 0.1) is 6.92 Å².